The van der Waals surface area contributed by atoms with E-state index >= 15 is 0 Å². The number of nitrogens with one attached hydrogen (secondary N) is 1. The molecule has 0 saturated carbocycles. The van der Waals surface area contributed by atoms with Gasteiger partial charge in [0, 0.05) is 11.4 Å². The van der Waals surface area contributed by atoms with E-state index in [0.29, 0.717) is 6.54 Å². The summed E-state index contributed by atoms with van der Waals surface area (Å²) in [5, 5.41) is 9.84. The molecule has 0 aromatic carbocycles. The van der Waals surface area contributed by atoms with Crippen LogP contribution >= 0.6 is 27.3 Å². The number of imidazole rings is 1. The van der Waals surface area contributed by atoms with Crippen molar-refractivity contribution in [3.8, 4) is 0 Å². The highest BCUT2D eigenvalue weighted by Crippen LogP contribution is 2.19. The van der Waals surface area contributed by atoms with Crippen LogP contribution in [0.4, 0.5) is 5.82 Å². The first-order valence-electron chi connectivity index (χ1n) is 5.78. The number of hydrogen-bond donors (Lipinski definition) is 2. The molecule has 19 heavy (non-hydrogen) atoms. The molecule has 3 heterocycles. The van der Waals surface area contributed by atoms with Crippen LogP contribution in [0.25, 0.3) is 5.65 Å². The van der Waals surface area contributed by atoms with Gasteiger partial charge in [0.05, 0.1) is 12.2 Å². The van der Waals surface area contributed by atoms with Gasteiger partial charge in [0.2, 0.25) is 0 Å². The lowest BCUT2D eigenvalue weighted by Gasteiger charge is -2.04. The standard InChI is InChI=1S/C12H12BrN5S/c13-12-9(6-14)16-11-4-3-10(17-18(11)12)15-7-8-2-1-5-19-8/h1-5H,6-7,14H2,(H,15,17). The summed E-state index contributed by atoms with van der Waals surface area (Å²) >= 11 is 5.19. The molecule has 0 bridgehead atoms. The van der Waals surface area contributed by atoms with Gasteiger partial charge in [-0.2, -0.15) is 0 Å². The van der Waals surface area contributed by atoms with E-state index < -0.39 is 0 Å². The van der Waals surface area contributed by atoms with Crippen LogP contribution in [0.3, 0.4) is 0 Å². The van der Waals surface area contributed by atoms with Gasteiger partial charge >= 0.3 is 0 Å². The molecule has 3 rings (SSSR count). The maximum Gasteiger partial charge on any atom is 0.155 e. The molecule has 0 saturated heterocycles. The molecule has 98 valence electrons. The van der Waals surface area contributed by atoms with E-state index in [1.165, 1.54) is 4.88 Å². The van der Waals surface area contributed by atoms with E-state index in [-0.39, 0.29) is 0 Å². The maximum atomic E-state index is 5.63. The van der Waals surface area contributed by atoms with Crippen molar-refractivity contribution in [3.05, 3.63) is 44.8 Å². The number of aromatic nitrogens is 3. The summed E-state index contributed by atoms with van der Waals surface area (Å²) in [5.74, 6) is 0.808. The fourth-order valence-electron chi connectivity index (χ4n) is 1.77. The molecule has 7 heteroatoms. The van der Waals surface area contributed by atoms with E-state index in [0.717, 1.165) is 28.3 Å². The minimum Gasteiger partial charge on any atom is -0.364 e. The third-order valence-electron chi connectivity index (χ3n) is 2.71. The number of anilines is 1. The Morgan fingerprint density at radius 3 is 3.00 bits per heavy atom. The van der Waals surface area contributed by atoms with Gasteiger partial charge in [0.1, 0.15) is 10.4 Å². The largest absolute Gasteiger partial charge is 0.364 e. The van der Waals surface area contributed by atoms with Crippen LogP contribution in [0, 0.1) is 0 Å². The summed E-state index contributed by atoms with van der Waals surface area (Å²) in [6, 6.07) is 7.98. The predicted molar refractivity (Wildman–Crippen MR) is 80.2 cm³/mol. The molecule has 3 aromatic heterocycles. The number of nitrogens with two attached hydrogens (primary N) is 1. The zero-order valence-electron chi connectivity index (χ0n) is 10.0. The SMILES string of the molecule is NCc1nc2ccc(NCc3cccs3)nn2c1Br. The van der Waals surface area contributed by atoms with Gasteiger partial charge in [-0.25, -0.2) is 9.50 Å². The fraction of sp³-hybridized carbons (Fsp3) is 0.167. The van der Waals surface area contributed by atoms with Gasteiger partial charge in [-0.3, -0.25) is 0 Å². The Balaban J connectivity index is 1.86. The molecule has 3 N–H and O–H groups in total. The molecule has 0 atom stereocenters. The van der Waals surface area contributed by atoms with E-state index in [2.05, 4.69) is 42.8 Å². The summed E-state index contributed by atoms with van der Waals surface area (Å²) in [5.41, 5.74) is 7.22. The van der Waals surface area contributed by atoms with Crippen LogP contribution in [0.1, 0.15) is 10.6 Å². The molecule has 0 aliphatic heterocycles. The molecule has 0 aliphatic carbocycles. The Morgan fingerprint density at radius 1 is 1.37 bits per heavy atom. The Kier molecular flexibility index (Phi) is 3.50. The minimum absolute atomic E-state index is 0.391. The molecular formula is C12H12BrN5S. The molecular weight excluding hydrogens is 326 g/mol. The lowest BCUT2D eigenvalue weighted by Crippen LogP contribution is -2.03. The zero-order chi connectivity index (χ0) is 13.2. The summed E-state index contributed by atoms with van der Waals surface area (Å²) in [7, 11) is 0. The van der Waals surface area contributed by atoms with Crippen molar-refractivity contribution in [2.24, 2.45) is 5.73 Å². The van der Waals surface area contributed by atoms with E-state index in [1.807, 2.05) is 18.2 Å². The van der Waals surface area contributed by atoms with Gasteiger partial charge in [-0.1, -0.05) is 6.07 Å². The summed E-state index contributed by atoms with van der Waals surface area (Å²) in [4.78, 5) is 5.66. The second-order valence-corrected chi connectivity index (χ2v) is 5.76. The van der Waals surface area contributed by atoms with Crippen LogP contribution in [0.2, 0.25) is 0 Å². The summed E-state index contributed by atoms with van der Waals surface area (Å²) < 4.78 is 2.56. The topological polar surface area (TPSA) is 68.2 Å². The lowest BCUT2D eigenvalue weighted by atomic mass is 10.4. The van der Waals surface area contributed by atoms with E-state index in [1.54, 1.807) is 15.9 Å². The molecule has 0 fully saturated rings. The smallest absolute Gasteiger partial charge is 0.155 e. The number of hydrogen-bond acceptors (Lipinski definition) is 5. The highest BCUT2D eigenvalue weighted by atomic mass is 79.9. The second-order valence-electron chi connectivity index (χ2n) is 3.97. The lowest BCUT2D eigenvalue weighted by molar-refractivity contribution is 0.898. The Bertz CT molecular complexity index is 692. The van der Waals surface area contributed by atoms with Crippen molar-refractivity contribution in [2.75, 3.05) is 5.32 Å². The third-order valence-corrected chi connectivity index (χ3v) is 4.38. The molecule has 0 spiro atoms. The van der Waals surface area contributed by atoms with Gasteiger partial charge in [-0.15, -0.1) is 16.4 Å². The average Bonchev–Trinajstić information content (AvgIpc) is 3.05. The van der Waals surface area contributed by atoms with Crippen LogP contribution in [-0.4, -0.2) is 14.6 Å². The van der Waals surface area contributed by atoms with Crippen molar-refractivity contribution in [1.82, 2.24) is 14.6 Å². The third kappa shape index (κ3) is 2.49. The average molecular weight is 338 g/mol. The summed E-state index contributed by atoms with van der Waals surface area (Å²) in [6.45, 7) is 1.16. The first-order chi connectivity index (χ1) is 9.28. The van der Waals surface area contributed by atoms with Crippen LogP contribution in [0.15, 0.2) is 34.2 Å². The van der Waals surface area contributed by atoms with Crippen molar-refractivity contribution in [1.29, 1.82) is 0 Å². The molecule has 0 amide bonds. The molecule has 3 aromatic rings. The zero-order valence-corrected chi connectivity index (χ0v) is 12.4. The number of rotatable bonds is 4. The monoisotopic (exact) mass is 337 g/mol. The molecule has 0 radical (unpaired) electrons. The first-order valence-corrected chi connectivity index (χ1v) is 7.45. The maximum absolute atomic E-state index is 5.63. The van der Waals surface area contributed by atoms with Crippen molar-refractivity contribution in [2.45, 2.75) is 13.1 Å². The van der Waals surface area contributed by atoms with Crippen LogP contribution in [0.5, 0.6) is 0 Å². The van der Waals surface area contributed by atoms with Crippen LogP contribution < -0.4 is 11.1 Å². The van der Waals surface area contributed by atoms with Crippen molar-refractivity contribution < 1.29 is 0 Å². The number of nitrogens with zero attached hydrogens (tertiary/aromatic N) is 3. The molecule has 0 unspecified atom stereocenters. The number of thiophene rings is 1. The molecule has 0 aliphatic rings. The number of fused-ring (bicyclic) bond motifs is 1. The van der Waals surface area contributed by atoms with Crippen LogP contribution in [-0.2, 0) is 13.1 Å². The molecule has 5 nitrogen and oxygen atoms in total. The van der Waals surface area contributed by atoms with Gasteiger partial charge in [0.25, 0.3) is 0 Å². The second kappa shape index (κ2) is 5.28. The van der Waals surface area contributed by atoms with Gasteiger partial charge in [-0.05, 0) is 39.5 Å². The highest BCUT2D eigenvalue weighted by Gasteiger charge is 2.09. The van der Waals surface area contributed by atoms with E-state index in [9.17, 15) is 0 Å². The Hall–Kier alpha value is -1.44. The minimum atomic E-state index is 0.391. The number of halogens is 1. The van der Waals surface area contributed by atoms with Crippen molar-refractivity contribution >= 4 is 38.7 Å². The summed E-state index contributed by atoms with van der Waals surface area (Å²) in [6.07, 6.45) is 0. The van der Waals surface area contributed by atoms with Gasteiger partial charge in [0.15, 0.2) is 5.65 Å². The quantitative estimate of drug-likeness (QED) is 0.767. The van der Waals surface area contributed by atoms with Crippen molar-refractivity contribution in [3.63, 3.8) is 0 Å². The van der Waals surface area contributed by atoms with Gasteiger partial charge < -0.3 is 11.1 Å². The van der Waals surface area contributed by atoms with E-state index in [4.69, 9.17) is 5.73 Å². The Morgan fingerprint density at radius 2 is 2.26 bits per heavy atom. The fourth-order valence-corrected chi connectivity index (χ4v) is 2.92. The predicted octanol–water partition coefficient (Wildman–Crippen LogP) is 2.62. The first kappa shape index (κ1) is 12.6. The Labute approximate surface area is 122 Å². The highest BCUT2D eigenvalue weighted by molar-refractivity contribution is 9.10. The normalized spacial score (nSPS) is 11.1.